The Morgan fingerprint density at radius 2 is 2.04 bits per heavy atom. The van der Waals surface area contributed by atoms with Crippen LogP contribution in [0, 0.1) is 6.92 Å². The lowest BCUT2D eigenvalue weighted by Crippen LogP contribution is -2.43. The highest BCUT2D eigenvalue weighted by atomic mass is 16.5. The summed E-state index contributed by atoms with van der Waals surface area (Å²) in [5.74, 6) is 0.607. The molecule has 0 fully saturated rings. The molecule has 2 amide bonds. The van der Waals surface area contributed by atoms with E-state index in [1.807, 2.05) is 49.4 Å². The van der Waals surface area contributed by atoms with Gasteiger partial charge >= 0.3 is 0 Å². The van der Waals surface area contributed by atoms with Gasteiger partial charge in [-0.3, -0.25) is 9.59 Å². The molecule has 130 valence electrons. The van der Waals surface area contributed by atoms with Crippen molar-refractivity contribution in [3.63, 3.8) is 0 Å². The number of ether oxygens (including phenoxy) is 1. The van der Waals surface area contributed by atoms with Crippen molar-refractivity contribution in [3.05, 3.63) is 59.7 Å². The lowest BCUT2D eigenvalue weighted by atomic mass is 10.1. The molecule has 1 aliphatic heterocycles. The highest BCUT2D eigenvalue weighted by molar-refractivity contribution is 5.97. The van der Waals surface area contributed by atoms with Crippen LogP contribution in [0.25, 0.3) is 0 Å². The molecule has 5 nitrogen and oxygen atoms in total. The average Bonchev–Trinajstić information content (AvgIpc) is 2.62. The summed E-state index contributed by atoms with van der Waals surface area (Å²) >= 11 is 0. The average molecular weight is 338 g/mol. The zero-order valence-corrected chi connectivity index (χ0v) is 14.3. The molecule has 0 radical (unpaired) electrons. The van der Waals surface area contributed by atoms with E-state index in [0.29, 0.717) is 31.7 Å². The minimum atomic E-state index is -0.0901. The number of anilines is 1. The molecular weight excluding hydrogens is 316 g/mol. The fraction of sp³-hybridized carbons (Fsp3) is 0.300. The number of fused-ring (bicyclic) bond motifs is 1. The minimum Gasteiger partial charge on any atom is -0.482 e. The predicted molar refractivity (Wildman–Crippen MR) is 96.8 cm³/mol. The predicted octanol–water partition coefficient (Wildman–Crippen LogP) is 2.47. The Hall–Kier alpha value is -2.82. The van der Waals surface area contributed by atoms with Crippen LogP contribution in [0.15, 0.2) is 48.5 Å². The molecule has 2 aromatic carbocycles. The van der Waals surface area contributed by atoms with Gasteiger partial charge in [0.25, 0.3) is 5.91 Å². The van der Waals surface area contributed by atoms with Gasteiger partial charge in [0, 0.05) is 19.5 Å². The molecule has 0 aliphatic carbocycles. The fourth-order valence-corrected chi connectivity index (χ4v) is 2.92. The third-order valence-corrected chi connectivity index (χ3v) is 4.19. The van der Waals surface area contributed by atoms with E-state index in [4.69, 9.17) is 4.74 Å². The molecule has 1 N–H and O–H groups in total. The SMILES string of the molecule is Cc1cccc(CCC(=O)NCCN2C(=O)COc3ccccc32)c1. The summed E-state index contributed by atoms with van der Waals surface area (Å²) in [6.45, 7) is 2.95. The molecule has 0 atom stereocenters. The number of rotatable bonds is 6. The maximum Gasteiger partial charge on any atom is 0.265 e. The van der Waals surface area contributed by atoms with E-state index in [-0.39, 0.29) is 18.4 Å². The monoisotopic (exact) mass is 338 g/mol. The van der Waals surface area contributed by atoms with Crippen molar-refractivity contribution in [3.8, 4) is 5.75 Å². The van der Waals surface area contributed by atoms with E-state index in [1.54, 1.807) is 4.90 Å². The molecule has 5 heteroatoms. The van der Waals surface area contributed by atoms with Gasteiger partial charge in [-0.2, -0.15) is 0 Å². The van der Waals surface area contributed by atoms with Crippen LogP contribution in [0.3, 0.4) is 0 Å². The van der Waals surface area contributed by atoms with Crippen LogP contribution in [0.4, 0.5) is 5.69 Å². The van der Waals surface area contributed by atoms with Gasteiger partial charge in [-0.1, -0.05) is 42.0 Å². The zero-order chi connectivity index (χ0) is 17.6. The molecule has 0 unspecified atom stereocenters. The van der Waals surface area contributed by atoms with Crippen molar-refractivity contribution in [1.29, 1.82) is 0 Å². The zero-order valence-electron chi connectivity index (χ0n) is 14.3. The molecule has 1 heterocycles. The lowest BCUT2D eigenvalue weighted by Gasteiger charge is -2.29. The molecule has 3 rings (SSSR count). The number of carbonyl (C=O) groups is 2. The van der Waals surface area contributed by atoms with Gasteiger partial charge in [0.1, 0.15) is 5.75 Å². The van der Waals surface area contributed by atoms with Crippen LogP contribution in [-0.2, 0) is 16.0 Å². The highest BCUT2D eigenvalue weighted by Gasteiger charge is 2.24. The second kappa shape index (κ2) is 7.83. The molecule has 0 aromatic heterocycles. The summed E-state index contributed by atoms with van der Waals surface area (Å²) in [4.78, 5) is 25.8. The third-order valence-electron chi connectivity index (χ3n) is 4.19. The van der Waals surface area contributed by atoms with Crippen LogP contribution in [0.2, 0.25) is 0 Å². The fourth-order valence-electron chi connectivity index (χ4n) is 2.92. The normalized spacial score (nSPS) is 13.2. The topological polar surface area (TPSA) is 58.6 Å². The van der Waals surface area contributed by atoms with Gasteiger partial charge in [0.05, 0.1) is 5.69 Å². The van der Waals surface area contributed by atoms with Gasteiger partial charge in [-0.15, -0.1) is 0 Å². The van der Waals surface area contributed by atoms with Crippen molar-refractivity contribution in [2.75, 3.05) is 24.6 Å². The van der Waals surface area contributed by atoms with Gasteiger partial charge < -0.3 is 15.0 Å². The van der Waals surface area contributed by atoms with E-state index in [9.17, 15) is 9.59 Å². The van der Waals surface area contributed by atoms with Crippen LogP contribution in [0.1, 0.15) is 17.5 Å². The molecule has 1 aliphatic rings. The first-order valence-electron chi connectivity index (χ1n) is 8.48. The standard InChI is InChI=1S/C20H22N2O3/c1-15-5-4-6-16(13-15)9-10-19(23)21-11-12-22-17-7-2-3-8-18(17)25-14-20(22)24/h2-8,13H,9-12,14H2,1H3,(H,21,23). The number of carbonyl (C=O) groups excluding carboxylic acids is 2. The van der Waals surface area contributed by atoms with Crippen molar-refractivity contribution >= 4 is 17.5 Å². The van der Waals surface area contributed by atoms with E-state index in [2.05, 4.69) is 11.4 Å². The van der Waals surface area contributed by atoms with Crippen molar-refractivity contribution in [2.24, 2.45) is 0 Å². The minimum absolute atomic E-state index is 0.00417. The second-order valence-electron chi connectivity index (χ2n) is 6.14. The number of amides is 2. The smallest absolute Gasteiger partial charge is 0.265 e. The van der Waals surface area contributed by atoms with E-state index < -0.39 is 0 Å². The van der Waals surface area contributed by atoms with Crippen molar-refractivity contribution in [1.82, 2.24) is 5.32 Å². The Morgan fingerprint density at radius 3 is 2.88 bits per heavy atom. The first-order valence-corrected chi connectivity index (χ1v) is 8.48. The summed E-state index contributed by atoms with van der Waals surface area (Å²) in [7, 11) is 0. The summed E-state index contributed by atoms with van der Waals surface area (Å²) in [5.41, 5.74) is 3.11. The number of nitrogens with zero attached hydrogens (tertiary/aromatic N) is 1. The van der Waals surface area contributed by atoms with Gasteiger partial charge in [0.15, 0.2) is 6.61 Å². The maximum atomic E-state index is 12.1. The lowest BCUT2D eigenvalue weighted by molar-refractivity contribution is -0.122. The summed E-state index contributed by atoms with van der Waals surface area (Å²) in [6.07, 6.45) is 1.16. The Bertz CT molecular complexity index is 773. The molecule has 0 saturated carbocycles. The van der Waals surface area contributed by atoms with E-state index >= 15 is 0 Å². The largest absolute Gasteiger partial charge is 0.482 e. The quantitative estimate of drug-likeness (QED) is 0.880. The summed E-state index contributed by atoms with van der Waals surface area (Å²) in [5, 5.41) is 2.89. The number of nitrogens with one attached hydrogen (secondary N) is 1. The summed E-state index contributed by atoms with van der Waals surface area (Å²) in [6, 6.07) is 15.6. The van der Waals surface area contributed by atoms with Gasteiger partial charge in [0.2, 0.25) is 5.91 Å². The maximum absolute atomic E-state index is 12.1. The Balaban J connectivity index is 1.48. The van der Waals surface area contributed by atoms with Crippen LogP contribution in [0.5, 0.6) is 5.75 Å². The number of hydrogen-bond donors (Lipinski definition) is 1. The van der Waals surface area contributed by atoms with E-state index in [0.717, 1.165) is 11.3 Å². The molecule has 0 bridgehead atoms. The Morgan fingerprint density at radius 1 is 1.20 bits per heavy atom. The second-order valence-corrected chi connectivity index (χ2v) is 6.14. The number of para-hydroxylation sites is 2. The third kappa shape index (κ3) is 4.38. The summed E-state index contributed by atoms with van der Waals surface area (Å²) < 4.78 is 5.41. The number of aryl methyl sites for hydroxylation is 2. The van der Waals surface area contributed by atoms with Crippen LogP contribution in [-0.4, -0.2) is 31.5 Å². The Labute approximate surface area is 147 Å². The van der Waals surface area contributed by atoms with Crippen molar-refractivity contribution < 1.29 is 14.3 Å². The van der Waals surface area contributed by atoms with Crippen molar-refractivity contribution in [2.45, 2.75) is 19.8 Å². The number of hydrogen-bond acceptors (Lipinski definition) is 3. The number of benzene rings is 2. The van der Waals surface area contributed by atoms with Gasteiger partial charge in [-0.25, -0.2) is 0 Å². The van der Waals surface area contributed by atoms with Gasteiger partial charge in [-0.05, 0) is 31.0 Å². The Kier molecular flexibility index (Phi) is 5.33. The molecule has 25 heavy (non-hydrogen) atoms. The first kappa shape index (κ1) is 17.0. The molecule has 0 saturated heterocycles. The molecule has 2 aromatic rings. The van der Waals surface area contributed by atoms with E-state index in [1.165, 1.54) is 5.56 Å². The first-order chi connectivity index (χ1) is 12.1. The molecular formula is C20H22N2O3. The highest BCUT2D eigenvalue weighted by Crippen LogP contribution is 2.30. The molecule has 0 spiro atoms. The van der Waals surface area contributed by atoms with Crippen LogP contribution < -0.4 is 15.0 Å². The van der Waals surface area contributed by atoms with Crippen LogP contribution >= 0.6 is 0 Å².